The number of hydrogen-bond acceptors (Lipinski definition) is 5. The Morgan fingerprint density at radius 3 is 2.41 bits per heavy atom. The fourth-order valence-corrected chi connectivity index (χ4v) is 1.38. The lowest BCUT2D eigenvalue weighted by Crippen LogP contribution is -2.36. The number of amides is 3. The van der Waals surface area contributed by atoms with E-state index in [1.807, 2.05) is 19.2 Å². The fraction of sp³-hybridized carbons (Fsp3) is 0.214. The van der Waals surface area contributed by atoms with Crippen molar-refractivity contribution >= 4 is 47.6 Å². The van der Waals surface area contributed by atoms with Gasteiger partial charge in [-0.1, -0.05) is 32.6 Å². The molecule has 0 spiro atoms. The minimum Gasteiger partial charge on any atom is -0.458 e. The topological polar surface area (TPSA) is 125 Å². The number of hydrogen-bond donors (Lipinski definition) is 3. The minimum atomic E-state index is -1.04. The van der Waals surface area contributed by atoms with E-state index in [0.717, 1.165) is 0 Å². The number of rotatable bonds is 4. The second-order valence-electron chi connectivity index (χ2n) is 3.48. The van der Waals surface area contributed by atoms with Crippen LogP contribution >= 0.6 is 24.0 Å². The van der Waals surface area contributed by atoms with Crippen LogP contribution in [0.5, 0.6) is 0 Å². The molecule has 22 heavy (non-hydrogen) atoms. The Kier molecular flexibility index (Phi) is 11.6. The highest BCUT2D eigenvalue weighted by Gasteiger charge is 2.21. The van der Waals surface area contributed by atoms with Crippen molar-refractivity contribution in [3.05, 3.63) is 42.0 Å². The van der Waals surface area contributed by atoms with Crippen LogP contribution in [0.3, 0.4) is 0 Å². The molecule has 0 aromatic heterocycles. The first-order chi connectivity index (χ1) is 9.97. The summed E-state index contributed by atoms with van der Waals surface area (Å²) in [5, 5.41) is 1.84. The van der Waals surface area contributed by atoms with Crippen LogP contribution < -0.4 is 16.8 Å². The lowest BCUT2D eigenvalue weighted by Gasteiger charge is -2.10. The van der Waals surface area contributed by atoms with Gasteiger partial charge in [-0.3, -0.25) is 10.1 Å². The smallest absolute Gasteiger partial charge is 0.339 e. The molecule has 0 aliphatic heterocycles. The summed E-state index contributed by atoms with van der Waals surface area (Å²) in [6.07, 6.45) is 1.38. The standard InChI is InChI=1S/C12H13N3O4.C2H6.HI/c1-2-6-19-11(17)7-4-3-5-8(13)9(7)10(16)15-12(14)18;1-2;/h2-5H,1,6,13H2,(H3,14,15,16,18);1-2H3;1H. The molecule has 1 aromatic rings. The van der Waals surface area contributed by atoms with Crippen LogP contribution in [-0.2, 0) is 4.74 Å². The van der Waals surface area contributed by atoms with Crippen LogP contribution in [0.2, 0.25) is 0 Å². The zero-order valence-electron chi connectivity index (χ0n) is 12.4. The highest BCUT2D eigenvalue weighted by Crippen LogP contribution is 2.18. The molecular weight excluding hydrogens is 401 g/mol. The van der Waals surface area contributed by atoms with E-state index < -0.39 is 17.9 Å². The number of primary amides is 1. The number of nitrogen functional groups attached to an aromatic ring is 1. The first kappa shape index (κ1) is 22.2. The van der Waals surface area contributed by atoms with Crippen LogP contribution in [0.1, 0.15) is 34.6 Å². The van der Waals surface area contributed by atoms with Crippen molar-refractivity contribution in [2.75, 3.05) is 12.3 Å². The Balaban J connectivity index is 0. The normalized spacial score (nSPS) is 8.45. The van der Waals surface area contributed by atoms with Gasteiger partial charge in [0.05, 0.1) is 11.1 Å². The van der Waals surface area contributed by atoms with Crippen LogP contribution in [0.15, 0.2) is 30.9 Å². The third kappa shape index (κ3) is 6.57. The quantitative estimate of drug-likeness (QED) is 0.297. The molecule has 1 aromatic carbocycles. The number of urea groups is 1. The maximum atomic E-state index is 11.8. The molecule has 0 bridgehead atoms. The minimum absolute atomic E-state index is 0. The van der Waals surface area contributed by atoms with Gasteiger partial charge >= 0.3 is 12.0 Å². The predicted octanol–water partition coefficient (Wildman–Crippen LogP) is 2.06. The number of carbonyl (C=O) groups excluding carboxylic acids is 3. The second-order valence-corrected chi connectivity index (χ2v) is 3.48. The Bertz CT molecular complexity index is 547. The van der Waals surface area contributed by atoms with Crippen molar-refractivity contribution in [2.24, 2.45) is 5.73 Å². The summed E-state index contributed by atoms with van der Waals surface area (Å²) < 4.78 is 4.82. The monoisotopic (exact) mass is 421 g/mol. The summed E-state index contributed by atoms with van der Waals surface area (Å²) >= 11 is 0. The zero-order valence-corrected chi connectivity index (χ0v) is 14.7. The van der Waals surface area contributed by atoms with Gasteiger partial charge in [-0.05, 0) is 12.1 Å². The highest BCUT2D eigenvalue weighted by atomic mass is 127. The molecule has 1 rings (SSSR count). The lowest BCUT2D eigenvalue weighted by molar-refractivity contribution is 0.0546. The molecular formula is C14H20IN3O4. The van der Waals surface area contributed by atoms with Crippen molar-refractivity contribution < 1.29 is 19.1 Å². The molecule has 0 aliphatic carbocycles. The summed E-state index contributed by atoms with van der Waals surface area (Å²) in [6, 6.07) is 3.22. The number of imide groups is 1. The summed E-state index contributed by atoms with van der Waals surface area (Å²) in [6.45, 7) is 7.39. The average molecular weight is 421 g/mol. The Labute approximate surface area is 146 Å². The van der Waals surface area contributed by atoms with Crippen molar-refractivity contribution in [1.29, 1.82) is 0 Å². The van der Waals surface area contributed by atoms with E-state index in [-0.39, 0.29) is 47.4 Å². The number of anilines is 1. The van der Waals surface area contributed by atoms with E-state index in [1.165, 1.54) is 24.3 Å². The number of benzene rings is 1. The number of carbonyl (C=O) groups is 3. The first-order valence-electron chi connectivity index (χ1n) is 6.24. The number of nitrogens with two attached hydrogens (primary N) is 2. The molecule has 7 nitrogen and oxygen atoms in total. The van der Waals surface area contributed by atoms with Gasteiger partial charge in [0.1, 0.15) is 6.61 Å². The van der Waals surface area contributed by atoms with Gasteiger partial charge in [0, 0.05) is 5.69 Å². The van der Waals surface area contributed by atoms with Gasteiger partial charge in [-0.15, -0.1) is 24.0 Å². The van der Waals surface area contributed by atoms with Gasteiger partial charge < -0.3 is 16.2 Å². The number of ether oxygens (including phenoxy) is 1. The van der Waals surface area contributed by atoms with Gasteiger partial charge in [0.25, 0.3) is 5.91 Å². The first-order valence-corrected chi connectivity index (χ1v) is 6.24. The highest BCUT2D eigenvalue weighted by molar-refractivity contribution is 14.0. The Hall–Kier alpha value is -2.10. The lowest BCUT2D eigenvalue weighted by atomic mass is 10.0. The summed E-state index contributed by atoms with van der Waals surface area (Å²) in [4.78, 5) is 34.2. The number of nitrogens with one attached hydrogen (secondary N) is 1. The molecule has 0 saturated heterocycles. The van der Waals surface area contributed by atoms with Gasteiger partial charge in [-0.2, -0.15) is 0 Å². The van der Waals surface area contributed by atoms with Gasteiger partial charge in [0.15, 0.2) is 0 Å². The van der Waals surface area contributed by atoms with Crippen LogP contribution in [0, 0.1) is 0 Å². The second kappa shape index (κ2) is 11.5. The van der Waals surface area contributed by atoms with Crippen LogP contribution in [-0.4, -0.2) is 24.5 Å². The molecule has 122 valence electrons. The Morgan fingerprint density at radius 2 is 1.91 bits per heavy atom. The summed E-state index contributed by atoms with van der Waals surface area (Å²) in [5.74, 6) is -1.61. The maximum Gasteiger partial charge on any atom is 0.339 e. The maximum absolute atomic E-state index is 11.8. The van der Waals surface area contributed by atoms with Crippen LogP contribution in [0.25, 0.3) is 0 Å². The van der Waals surface area contributed by atoms with E-state index >= 15 is 0 Å². The predicted molar refractivity (Wildman–Crippen MR) is 95.1 cm³/mol. The van der Waals surface area contributed by atoms with Gasteiger partial charge in [-0.25, -0.2) is 9.59 Å². The molecule has 0 saturated carbocycles. The van der Waals surface area contributed by atoms with E-state index in [2.05, 4.69) is 6.58 Å². The number of esters is 1. The molecule has 0 heterocycles. The SMILES string of the molecule is C=CCOC(=O)c1cccc(N)c1C(=O)NC(N)=O.CC.I. The molecule has 0 aliphatic rings. The average Bonchev–Trinajstić information content (AvgIpc) is 2.45. The fourth-order valence-electron chi connectivity index (χ4n) is 1.38. The largest absolute Gasteiger partial charge is 0.458 e. The molecule has 0 atom stereocenters. The van der Waals surface area contributed by atoms with Crippen LogP contribution in [0.4, 0.5) is 10.5 Å². The summed E-state index contributed by atoms with van der Waals surface area (Å²) in [5.41, 5.74) is 10.3. The number of halogens is 1. The third-order valence-electron chi connectivity index (χ3n) is 2.11. The molecule has 0 unspecified atom stereocenters. The van der Waals surface area contributed by atoms with Crippen molar-refractivity contribution in [2.45, 2.75) is 13.8 Å². The molecule has 8 heteroatoms. The molecule has 5 N–H and O–H groups in total. The van der Waals surface area contributed by atoms with E-state index in [9.17, 15) is 14.4 Å². The van der Waals surface area contributed by atoms with Gasteiger partial charge in [0.2, 0.25) is 0 Å². The van der Waals surface area contributed by atoms with Crippen molar-refractivity contribution in [1.82, 2.24) is 5.32 Å². The Morgan fingerprint density at radius 1 is 1.32 bits per heavy atom. The molecule has 3 amide bonds. The summed E-state index contributed by atoms with van der Waals surface area (Å²) in [7, 11) is 0. The van der Waals surface area contributed by atoms with E-state index in [1.54, 1.807) is 0 Å². The third-order valence-corrected chi connectivity index (χ3v) is 2.11. The van der Waals surface area contributed by atoms with Crippen molar-refractivity contribution in [3.8, 4) is 0 Å². The zero-order chi connectivity index (χ0) is 16.4. The van der Waals surface area contributed by atoms with Crippen molar-refractivity contribution in [3.63, 3.8) is 0 Å². The molecule has 0 radical (unpaired) electrons. The van der Waals surface area contributed by atoms with E-state index in [4.69, 9.17) is 16.2 Å². The molecule has 0 fully saturated rings. The van der Waals surface area contributed by atoms with E-state index in [0.29, 0.717) is 0 Å².